The van der Waals surface area contributed by atoms with Crippen LogP contribution < -0.4 is 24.8 Å². The van der Waals surface area contributed by atoms with Crippen LogP contribution in [0.1, 0.15) is 52.9 Å². The zero-order valence-electron chi connectivity index (χ0n) is 12.7. The summed E-state index contributed by atoms with van der Waals surface area (Å²) in [5.41, 5.74) is 5.22. The van der Waals surface area contributed by atoms with Crippen molar-refractivity contribution >= 4 is 7.63 Å². The summed E-state index contributed by atoms with van der Waals surface area (Å²) in [5.74, 6) is 0. The third-order valence-corrected chi connectivity index (χ3v) is 11.5. The third-order valence-electron chi connectivity index (χ3n) is 4.20. The Labute approximate surface area is 144 Å². The molecule has 0 unspecified atom stereocenters. The van der Waals surface area contributed by atoms with Gasteiger partial charge in [-0.2, -0.15) is 0 Å². The van der Waals surface area contributed by atoms with Crippen LogP contribution in [-0.4, -0.2) is 7.63 Å². The Balaban J connectivity index is 0.00000180. The quantitative estimate of drug-likeness (QED) is 0.506. The normalized spacial score (nSPS) is 16.6. The number of rotatable bonds is 5. The van der Waals surface area contributed by atoms with Crippen molar-refractivity contribution in [3.63, 3.8) is 0 Å². The molecule has 2 rings (SSSR count). The molecule has 2 aliphatic carbocycles. The van der Waals surface area contributed by atoms with Gasteiger partial charge in [0, 0.05) is 0 Å². The maximum absolute atomic E-state index is 2.40. The van der Waals surface area contributed by atoms with Gasteiger partial charge < -0.3 is 24.8 Å². The van der Waals surface area contributed by atoms with Crippen molar-refractivity contribution in [3.8, 4) is 0 Å². The maximum atomic E-state index is 2.40. The molecule has 0 radical (unpaired) electrons. The van der Waals surface area contributed by atoms with Gasteiger partial charge in [-0.3, -0.25) is 0 Å². The fourth-order valence-electron chi connectivity index (χ4n) is 3.20. The van der Waals surface area contributed by atoms with E-state index in [1.54, 1.807) is 20.6 Å². The van der Waals surface area contributed by atoms with E-state index in [1.165, 1.54) is 32.1 Å². The van der Waals surface area contributed by atoms with Crippen LogP contribution in [0.15, 0.2) is 42.7 Å². The molecule has 0 aromatic rings. The van der Waals surface area contributed by atoms with E-state index >= 15 is 0 Å². The van der Waals surface area contributed by atoms with Gasteiger partial charge >= 0.3 is 120 Å². The van der Waals surface area contributed by atoms with Gasteiger partial charge in [0.1, 0.15) is 0 Å². The molecule has 0 aromatic carbocycles. The molecule has 4 heteroatoms. The summed E-state index contributed by atoms with van der Waals surface area (Å²) in [6.45, 7) is 7.01. The van der Waals surface area contributed by atoms with Crippen molar-refractivity contribution in [1.82, 2.24) is 0 Å². The fourth-order valence-corrected chi connectivity index (χ4v) is 9.07. The molecule has 0 amide bonds. The Kier molecular flexibility index (Phi) is 9.70. The molecule has 0 fully saturated rings. The van der Waals surface area contributed by atoms with Gasteiger partial charge in [-0.1, -0.05) is 0 Å². The summed E-state index contributed by atoms with van der Waals surface area (Å²) in [4.78, 5) is 0. The fraction of sp³-hybridized carbons (Fsp3) is 0.500. The van der Waals surface area contributed by atoms with Crippen LogP contribution in [0.5, 0.6) is 0 Å². The number of allylic oxidation sites excluding steroid dienone is 8. The second-order valence-corrected chi connectivity index (χ2v) is 11.4. The van der Waals surface area contributed by atoms with E-state index in [9.17, 15) is 0 Å². The minimum Gasteiger partial charge on any atom is -1.00 e. The van der Waals surface area contributed by atoms with Crippen LogP contribution >= 0.6 is 0 Å². The van der Waals surface area contributed by atoms with E-state index in [4.69, 9.17) is 0 Å². The molecule has 110 valence electrons. The Hall–Kier alpha value is 0.471. The van der Waals surface area contributed by atoms with E-state index in [2.05, 4.69) is 46.6 Å². The smallest absolute Gasteiger partial charge is 1.00 e. The predicted molar refractivity (Wildman–Crippen MR) is 79.9 cm³/mol. The molecule has 0 aromatic heterocycles. The first-order valence-corrected chi connectivity index (χ1v) is 12.8. The van der Waals surface area contributed by atoms with Crippen LogP contribution in [0.2, 0.25) is 0 Å². The largest absolute Gasteiger partial charge is 1.00 e. The monoisotopic (exact) mass is 362 g/mol. The summed E-state index contributed by atoms with van der Waals surface area (Å²) in [6.07, 6.45) is 13.3. The van der Waals surface area contributed by atoms with Crippen molar-refractivity contribution in [3.05, 3.63) is 42.7 Å². The van der Waals surface area contributed by atoms with Crippen molar-refractivity contribution in [1.29, 1.82) is 0 Å². The SMILES string of the molecule is CCC1=C(CC)C(CC)=[C]([Ti+2](=[SiH2])[C]2=CC=CC2)C1.[Cl-].[Cl-]. The van der Waals surface area contributed by atoms with Crippen LogP contribution in [0.3, 0.4) is 0 Å². The Morgan fingerprint density at radius 3 is 2.15 bits per heavy atom. The molecular weight excluding hydrogens is 339 g/mol. The molecule has 0 heterocycles. The average Bonchev–Trinajstić information content (AvgIpc) is 3.03. The second kappa shape index (κ2) is 9.48. The first kappa shape index (κ1) is 20.5. The first-order chi connectivity index (χ1) is 8.72. The van der Waals surface area contributed by atoms with E-state index in [0.29, 0.717) is 0 Å². The Bertz CT molecular complexity index is 499. The number of hydrogen-bond donors (Lipinski definition) is 0. The van der Waals surface area contributed by atoms with E-state index in [0.717, 1.165) is 0 Å². The minimum absolute atomic E-state index is 0. The standard InChI is InChI=1S/C11H17.C5H5.2ClH.H2Si.Ti/c1-4-9-7-8-10(5-2)11(9)6-3;1-2-4-5-3-1;;;;/h4-7H2,1-3H3;1-3H,4H2;2*1H;1H2;/q;;;;;+2/p-2. The zero-order chi connectivity index (χ0) is 13.1. The number of halogens is 2. The average molecular weight is 363 g/mol. The first-order valence-electron chi connectivity index (χ1n) is 7.21. The Morgan fingerprint density at radius 1 is 1.05 bits per heavy atom. The molecule has 0 saturated heterocycles. The topological polar surface area (TPSA) is 0 Å². The third kappa shape index (κ3) is 4.02. The van der Waals surface area contributed by atoms with Gasteiger partial charge in [0.2, 0.25) is 0 Å². The summed E-state index contributed by atoms with van der Waals surface area (Å²) < 4.78 is 3.67. The van der Waals surface area contributed by atoms with Crippen molar-refractivity contribution < 1.29 is 41.4 Å². The van der Waals surface area contributed by atoms with Crippen molar-refractivity contribution in [2.24, 2.45) is 0 Å². The molecule has 0 atom stereocenters. The number of hydrogen-bond acceptors (Lipinski definition) is 0. The molecule has 0 bridgehead atoms. The predicted octanol–water partition coefficient (Wildman–Crippen LogP) is -1.81. The van der Waals surface area contributed by atoms with E-state index < -0.39 is 16.6 Å². The molecule has 0 saturated carbocycles. The molecule has 20 heavy (non-hydrogen) atoms. The molecule has 2 aliphatic rings. The van der Waals surface area contributed by atoms with Gasteiger partial charge in [0.05, 0.1) is 0 Å². The second-order valence-electron chi connectivity index (χ2n) is 5.08. The van der Waals surface area contributed by atoms with Gasteiger partial charge in [-0.05, 0) is 0 Å². The van der Waals surface area contributed by atoms with Gasteiger partial charge in [0.15, 0.2) is 0 Å². The summed E-state index contributed by atoms with van der Waals surface area (Å²) in [6, 6.07) is 0. The van der Waals surface area contributed by atoms with Crippen molar-refractivity contribution in [2.75, 3.05) is 0 Å². The molecule has 0 nitrogen and oxygen atoms in total. The Morgan fingerprint density at radius 2 is 1.70 bits per heavy atom. The molecule has 0 N–H and O–H groups in total. The van der Waals surface area contributed by atoms with E-state index in [-0.39, 0.29) is 24.8 Å². The van der Waals surface area contributed by atoms with Crippen LogP contribution in [0, 0.1) is 0 Å². The van der Waals surface area contributed by atoms with Crippen LogP contribution in [0.4, 0.5) is 0 Å². The van der Waals surface area contributed by atoms with Crippen molar-refractivity contribution in [2.45, 2.75) is 52.9 Å². The van der Waals surface area contributed by atoms with Gasteiger partial charge in [-0.25, -0.2) is 0 Å². The molecular formula is C16H24Cl2SiTi. The van der Waals surface area contributed by atoms with E-state index in [1.807, 2.05) is 3.88 Å². The summed E-state index contributed by atoms with van der Waals surface area (Å²) >= 11 is -1.12. The zero-order valence-corrected chi connectivity index (χ0v) is 17.2. The molecule has 0 aliphatic heterocycles. The van der Waals surface area contributed by atoms with Crippen LogP contribution in [0.25, 0.3) is 0 Å². The minimum atomic E-state index is -1.12. The molecule has 0 spiro atoms. The summed E-state index contributed by atoms with van der Waals surface area (Å²) in [5, 5.41) is 0. The van der Waals surface area contributed by atoms with Gasteiger partial charge in [-0.15, -0.1) is 0 Å². The maximum Gasteiger partial charge on any atom is -1.00 e. The van der Waals surface area contributed by atoms with Crippen LogP contribution in [-0.2, 0) is 16.6 Å². The summed E-state index contributed by atoms with van der Waals surface area (Å²) in [7, 11) is 2.34. The van der Waals surface area contributed by atoms with Gasteiger partial charge in [0.25, 0.3) is 0 Å².